The third kappa shape index (κ3) is 3.64. The summed E-state index contributed by atoms with van der Waals surface area (Å²) in [6.07, 6.45) is -2.40. The molecule has 16 heavy (non-hydrogen) atoms. The Kier molecular flexibility index (Phi) is 4.56. The molecule has 1 aromatic rings. The number of hydrogen-bond donors (Lipinski definition) is 0. The molecule has 0 aromatic carbocycles. The highest BCUT2D eigenvalue weighted by atomic mass is 32.1. The Morgan fingerprint density at radius 3 is 2.56 bits per heavy atom. The molecule has 0 fully saturated rings. The molecule has 1 rings (SSSR count). The first-order valence-corrected chi connectivity index (χ1v) is 5.78. The van der Waals surface area contributed by atoms with Gasteiger partial charge in [-0.2, -0.15) is 0 Å². The maximum Gasteiger partial charge on any atom is 0.251 e. The average Bonchev–Trinajstić information content (AvgIpc) is 2.43. The Balaban J connectivity index is 2.62. The molecule has 0 bridgehead atoms. The topological polar surface area (TPSA) is 20.3 Å². The van der Waals surface area contributed by atoms with Gasteiger partial charge in [-0.15, -0.1) is 11.3 Å². The predicted octanol–water partition coefficient (Wildman–Crippen LogP) is 2.74. The van der Waals surface area contributed by atoms with E-state index in [0.717, 1.165) is 9.75 Å². The maximum absolute atomic E-state index is 12.1. The van der Waals surface area contributed by atoms with Crippen molar-refractivity contribution >= 4 is 17.1 Å². The van der Waals surface area contributed by atoms with Gasteiger partial charge in [0.2, 0.25) is 0 Å². The minimum atomic E-state index is -2.40. The number of carbonyl (C=O) groups excluding carboxylic acids is 1. The van der Waals surface area contributed by atoms with E-state index in [-0.39, 0.29) is 18.9 Å². The van der Waals surface area contributed by atoms with Crippen LogP contribution in [0.2, 0.25) is 0 Å². The zero-order chi connectivity index (χ0) is 12.3. The molecule has 0 radical (unpaired) electrons. The second kappa shape index (κ2) is 5.50. The summed E-state index contributed by atoms with van der Waals surface area (Å²) in [5.41, 5.74) is 0.656. The zero-order valence-electron chi connectivity index (χ0n) is 9.59. The molecule has 0 aliphatic rings. The lowest BCUT2D eigenvalue weighted by Crippen LogP contribution is -2.30. The third-order valence-electron chi connectivity index (χ3n) is 2.20. The van der Waals surface area contributed by atoms with Crippen LogP contribution in [0.3, 0.4) is 0 Å². The SMILES string of the molecule is Cc1cc(C(=O)CN(C)CC(F)F)c(C)s1. The van der Waals surface area contributed by atoms with Crippen LogP contribution in [0.25, 0.3) is 0 Å². The van der Waals surface area contributed by atoms with E-state index >= 15 is 0 Å². The Morgan fingerprint density at radius 2 is 2.12 bits per heavy atom. The van der Waals surface area contributed by atoms with Crippen LogP contribution in [0.4, 0.5) is 8.78 Å². The number of ketones is 1. The second-order valence-electron chi connectivity index (χ2n) is 3.84. The fourth-order valence-corrected chi connectivity index (χ4v) is 2.48. The fourth-order valence-electron chi connectivity index (χ4n) is 1.54. The summed E-state index contributed by atoms with van der Waals surface area (Å²) >= 11 is 1.55. The van der Waals surface area contributed by atoms with Gasteiger partial charge in [-0.25, -0.2) is 8.78 Å². The van der Waals surface area contributed by atoms with E-state index in [1.807, 2.05) is 19.9 Å². The summed E-state index contributed by atoms with van der Waals surface area (Å²) in [5, 5.41) is 0. The molecule has 5 heteroatoms. The van der Waals surface area contributed by atoms with Crippen LogP contribution in [0, 0.1) is 13.8 Å². The number of halogens is 2. The quantitative estimate of drug-likeness (QED) is 0.746. The van der Waals surface area contributed by atoms with Gasteiger partial charge in [-0.1, -0.05) is 0 Å². The summed E-state index contributed by atoms with van der Waals surface area (Å²) in [5.74, 6) is -0.0926. The monoisotopic (exact) mass is 247 g/mol. The van der Waals surface area contributed by atoms with E-state index in [0.29, 0.717) is 5.56 Å². The van der Waals surface area contributed by atoms with Gasteiger partial charge in [0.25, 0.3) is 6.43 Å². The number of Topliss-reactive ketones (excluding diaryl/α,β-unsaturated/α-hetero) is 1. The van der Waals surface area contributed by atoms with E-state index in [1.165, 1.54) is 11.9 Å². The molecule has 0 saturated carbocycles. The molecule has 0 aliphatic carbocycles. The largest absolute Gasteiger partial charge is 0.293 e. The Hall–Kier alpha value is -0.810. The first-order chi connectivity index (χ1) is 7.40. The molecule has 1 heterocycles. The Bertz CT molecular complexity index is 376. The van der Waals surface area contributed by atoms with E-state index in [4.69, 9.17) is 0 Å². The van der Waals surface area contributed by atoms with Crippen molar-refractivity contribution in [3.8, 4) is 0 Å². The van der Waals surface area contributed by atoms with Gasteiger partial charge in [0.15, 0.2) is 5.78 Å². The first kappa shape index (κ1) is 13.3. The van der Waals surface area contributed by atoms with Gasteiger partial charge in [-0.3, -0.25) is 9.69 Å². The molecular weight excluding hydrogens is 232 g/mol. The fraction of sp³-hybridized carbons (Fsp3) is 0.545. The summed E-state index contributed by atoms with van der Waals surface area (Å²) in [7, 11) is 1.53. The van der Waals surface area contributed by atoms with E-state index in [9.17, 15) is 13.6 Å². The number of likely N-dealkylation sites (N-methyl/N-ethyl adjacent to an activating group) is 1. The normalized spacial score (nSPS) is 11.4. The van der Waals surface area contributed by atoms with Crippen LogP contribution >= 0.6 is 11.3 Å². The maximum atomic E-state index is 12.1. The molecule has 0 saturated heterocycles. The van der Waals surface area contributed by atoms with Crippen LogP contribution < -0.4 is 0 Å². The highest BCUT2D eigenvalue weighted by Gasteiger charge is 2.16. The summed E-state index contributed by atoms with van der Waals surface area (Å²) in [6, 6.07) is 1.82. The average molecular weight is 247 g/mol. The molecular formula is C11H15F2NOS. The summed E-state index contributed by atoms with van der Waals surface area (Å²) < 4.78 is 24.1. The number of hydrogen-bond acceptors (Lipinski definition) is 3. The standard InChI is InChI=1S/C11H15F2NOS/c1-7-4-9(8(2)16-7)10(15)5-14(3)6-11(12)13/h4,11H,5-6H2,1-3H3. The van der Waals surface area contributed by atoms with Crippen molar-refractivity contribution in [2.75, 3.05) is 20.1 Å². The van der Waals surface area contributed by atoms with E-state index in [2.05, 4.69) is 0 Å². The van der Waals surface area contributed by atoms with Crippen LogP contribution in [0.5, 0.6) is 0 Å². The van der Waals surface area contributed by atoms with Crippen molar-refractivity contribution in [3.05, 3.63) is 21.4 Å². The molecule has 0 spiro atoms. The highest BCUT2D eigenvalue weighted by Crippen LogP contribution is 2.21. The molecule has 90 valence electrons. The number of rotatable bonds is 5. The molecule has 0 unspecified atom stereocenters. The number of nitrogens with zero attached hydrogens (tertiary/aromatic N) is 1. The number of carbonyl (C=O) groups is 1. The lowest BCUT2D eigenvalue weighted by molar-refractivity contribution is 0.0820. The van der Waals surface area contributed by atoms with Crippen LogP contribution in [0.15, 0.2) is 6.07 Å². The van der Waals surface area contributed by atoms with Crippen LogP contribution in [-0.4, -0.2) is 37.2 Å². The van der Waals surface area contributed by atoms with Gasteiger partial charge >= 0.3 is 0 Å². The van der Waals surface area contributed by atoms with Crippen molar-refractivity contribution in [2.45, 2.75) is 20.3 Å². The van der Waals surface area contributed by atoms with Crippen molar-refractivity contribution in [1.82, 2.24) is 4.90 Å². The predicted molar refractivity (Wildman–Crippen MR) is 61.6 cm³/mol. The summed E-state index contributed by atoms with van der Waals surface area (Å²) in [6.45, 7) is 3.48. The Labute approximate surface area is 97.9 Å². The number of aryl methyl sites for hydroxylation is 2. The van der Waals surface area contributed by atoms with Gasteiger partial charge in [0.05, 0.1) is 13.1 Å². The molecule has 0 amide bonds. The minimum Gasteiger partial charge on any atom is -0.293 e. The lowest BCUT2D eigenvalue weighted by Gasteiger charge is -2.14. The zero-order valence-corrected chi connectivity index (χ0v) is 10.4. The van der Waals surface area contributed by atoms with Crippen molar-refractivity contribution in [3.63, 3.8) is 0 Å². The Morgan fingerprint density at radius 1 is 1.50 bits per heavy atom. The minimum absolute atomic E-state index is 0.0430. The molecule has 0 aliphatic heterocycles. The molecule has 1 aromatic heterocycles. The summed E-state index contributed by atoms with van der Waals surface area (Å²) in [4.78, 5) is 15.2. The molecule has 2 nitrogen and oxygen atoms in total. The van der Waals surface area contributed by atoms with Gasteiger partial charge in [0, 0.05) is 15.3 Å². The van der Waals surface area contributed by atoms with E-state index < -0.39 is 6.43 Å². The van der Waals surface area contributed by atoms with Gasteiger partial charge < -0.3 is 0 Å². The smallest absolute Gasteiger partial charge is 0.251 e. The first-order valence-electron chi connectivity index (χ1n) is 4.97. The van der Waals surface area contributed by atoms with Crippen molar-refractivity contribution in [2.24, 2.45) is 0 Å². The van der Waals surface area contributed by atoms with Gasteiger partial charge in [-0.05, 0) is 27.0 Å². The highest BCUT2D eigenvalue weighted by molar-refractivity contribution is 7.12. The number of alkyl halides is 2. The van der Waals surface area contributed by atoms with Gasteiger partial charge in [0.1, 0.15) is 0 Å². The molecule has 0 N–H and O–H groups in total. The van der Waals surface area contributed by atoms with Crippen LogP contribution in [-0.2, 0) is 0 Å². The van der Waals surface area contributed by atoms with E-state index in [1.54, 1.807) is 11.3 Å². The lowest BCUT2D eigenvalue weighted by atomic mass is 10.1. The van der Waals surface area contributed by atoms with Crippen molar-refractivity contribution < 1.29 is 13.6 Å². The van der Waals surface area contributed by atoms with Crippen LogP contribution in [0.1, 0.15) is 20.1 Å². The second-order valence-corrected chi connectivity index (χ2v) is 5.30. The van der Waals surface area contributed by atoms with Crippen molar-refractivity contribution in [1.29, 1.82) is 0 Å². The molecule has 0 atom stereocenters. The third-order valence-corrected chi connectivity index (χ3v) is 3.17. The number of thiophene rings is 1.